The number of carbonyl (C=O) groups is 1. The summed E-state index contributed by atoms with van der Waals surface area (Å²) in [6, 6.07) is 5.13. The van der Waals surface area contributed by atoms with Crippen LogP contribution in [0.1, 0.15) is 18.4 Å². The van der Waals surface area contributed by atoms with Gasteiger partial charge in [0.25, 0.3) is 5.91 Å². The van der Waals surface area contributed by atoms with Gasteiger partial charge in [-0.1, -0.05) is 29.9 Å². The third-order valence-electron chi connectivity index (χ3n) is 3.03. The van der Waals surface area contributed by atoms with E-state index >= 15 is 0 Å². The largest absolute Gasteiger partial charge is 0.483 e. The number of nitrogens with two attached hydrogens (primary N) is 1. The molecule has 1 aliphatic rings. The second kappa shape index (κ2) is 6.21. The summed E-state index contributed by atoms with van der Waals surface area (Å²) in [5.74, 6) is 0.430. The van der Waals surface area contributed by atoms with Crippen LogP contribution in [0.2, 0.25) is 5.02 Å². The van der Waals surface area contributed by atoms with Gasteiger partial charge >= 0.3 is 0 Å². The molecule has 1 aromatic carbocycles. The fraction of sp³-hybridized carbons (Fsp3) is 0.385. The molecule has 1 amide bonds. The number of amides is 1. The van der Waals surface area contributed by atoms with Gasteiger partial charge in [-0.15, -0.1) is 0 Å². The smallest absolute Gasteiger partial charge is 0.260 e. The molecule has 0 aromatic heterocycles. The summed E-state index contributed by atoms with van der Waals surface area (Å²) < 4.78 is 5.51. The predicted molar refractivity (Wildman–Crippen MR) is 78.6 cm³/mol. The summed E-state index contributed by atoms with van der Waals surface area (Å²) in [6.07, 6.45) is 2.11. The van der Waals surface area contributed by atoms with Crippen molar-refractivity contribution in [3.05, 3.63) is 28.8 Å². The molecule has 0 spiro atoms. The number of hydrogen-bond donors (Lipinski definition) is 1. The number of carbonyl (C=O) groups excluding carboxylic acids is 1. The number of ether oxygens (including phenoxy) is 1. The first-order valence-corrected chi connectivity index (χ1v) is 6.87. The molecule has 2 N–H and O–H groups in total. The van der Waals surface area contributed by atoms with Gasteiger partial charge in [-0.05, 0) is 25.0 Å². The van der Waals surface area contributed by atoms with E-state index in [1.54, 1.807) is 23.1 Å². The first-order chi connectivity index (χ1) is 9.09. The Labute approximate surface area is 122 Å². The number of benzene rings is 1. The van der Waals surface area contributed by atoms with E-state index < -0.39 is 0 Å². The van der Waals surface area contributed by atoms with Crippen LogP contribution in [0.3, 0.4) is 0 Å². The van der Waals surface area contributed by atoms with Gasteiger partial charge in [-0.25, -0.2) is 0 Å². The highest BCUT2D eigenvalue weighted by atomic mass is 35.5. The summed E-state index contributed by atoms with van der Waals surface area (Å²) in [6.45, 7) is 1.59. The van der Waals surface area contributed by atoms with Gasteiger partial charge in [-0.2, -0.15) is 0 Å². The number of rotatable bonds is 4. The highest BCUT2D eigenvalue weighted by Gasteiger charge is 2.19. The van der Waals surface area contributed by atoms with Gasteiger partial charge in [-0.3, -0.25) is 4.79 Å². The highest BCUT2D eigenvalue weighted by molar-refractivity contribution is 7.80. The maximum Gasteiger partial charge on any atom is 0.260 e. The van der Waals surface area contributed by atoms with Crippen molar-refractivity contribution in [2.75, 3.05) is 19.7 Å². The van der Waals surface area contributed by atoms with Crippen molar-refractivity contribution in [1.29, 1.82) is 0 Å². The Balaban J connectivity index is 2.05. The van der Waals surface area contributed by atoms with Crippen molar-refractivity contribution in [3.63, 3.8) is 0 Å². The third kappa shape index (κ3) is 3.36. The van der Waals surface area contributed by atoms with E-state index in [0.29, 0.717) is 16.3 Å². The molecule has 4 nitrogen and oxygen atoms in total. The molecule has 0 saturated carbocycles. The van der Waals surface area contributed by atoms with Gasteiger partial charge in [0.1, 0.15) is 10.7 Å². The minimum Gasteiger partial charge on any atom is -0.483 e. The number of thiocarbonyl (C=S) groups is 1. The third-order valence-corrected chi connectivity index (χ3v) is 3.55. The predicted octanol–water partition coefficient (Wildman–Crippen LogP) is 1.98. The Morgan fingerprint density at radius 1 is 1.42 bits per heavy atom. The van der Waals surface area contributed by atoms with Crippen LogP contribution in [0, 0.1) is 0 Å². The zero-order valence-electron chi connectivity index (χ0n) is 10.4. The molecule has 1 aromatic rings. The quantitative estimate of drug-likeness (QED) is 0.864. The van der Waals surface area contributed by atoms with Crippen molar-refractivity contribution >= 4 is 34.7 Å². The average molecular weight is 299 g/mol. The number of nitrogens with zero attached hydrogens (tertiary/aromatic N) is 1. The van der Waals surface area contributed by atoms with Crippen LogP contribution >= 0.6 is 23.8 Å². The lowest BCUT2D eigenvalue weighted by Crippen LogP contribution is -2.32. The molecular formula is C13H15ClN2O2S. The van der Waals surface area contributed by atoms with Gasteiger partial charge in [0.2, 0.25) is 0 Å². The fourth-order valence-corrected chi connectivity index (χ4v) is 2.60. The molecule has 102 valence electrons. The minimum atomic E-state index is -0.0219. The second-order valence-corrected chi connectivity index (χ2v) is 5.20. The molecule has 0 radical (unpaired) electrons. The van der Waals surface area contributed by atoms with Crippen molar-refractivity contribution < 1.29 is 9.53 Å². The summed E-state index contributed by atoms with van der Waals surface area (Å²) in [4.78, 5) is 13.8. The normalized spacial score (nSPS) is 14.5. The molecule has 1 aliphatic heterocycles. The first kappa shape index (κ1) is 14.1. The Kier molecular flexibility index (Phi) is 4.61. The van der Waals surface area contributed by atoms with Gasteiger partial charge in [0.05, 0.1) is 10.6 Å². The molecule has 6 heteroatoms. The van der Waals surface area contributed by atoms with Crippen molar-refractivity contribution in [3.8, 4) is 5.75 Å². The number of halogens is 1. The lowest BCUT2D eigenvalue weighted by molar-refractivity contribution is -0.132. The Bertz CT molecular complexity index is 501. The summed E-state index contributed by atoms with van der Waals surface area (Å²) in [5.41, 5.74) is 6.10. The van der Waals surface area contributed by atoms with E-state index in [9.17, 15) is 4.79 Å². The molecule has 0 atom stereocenters. The topological polar surface area (TPSA) is 55.6 Å². The van der Waals surface area contributed by atoms with E-state index in [1.165, 1.54) is 0 Å². The Morgan fingerprint density at radius 3 is 2.74 bits per heavy atom. The molecule has 19 heavy (non-hydrogen) atoms. The van der Waals surface area contributed by atoms with E-state index in [1.807, 2.05) is 0 Å². The molecule has 1 fully saturated rings. The summed E-state index contributed by atoms with van der Waals surface area (Å²) in [5, 5.41) is 0.429. The van der Waals surface area contributed by atoms with Crippen molar-refractivity contribution in [1.82, 2.24) is 4.90 Å². The van der Waals surface area contributed by atoms with Crippen LogP contribution < -0.4 is 10.5 Å². The van der Waals surface area contributed by atoms with Crippen LogP contribution in [-0.4, -0.2) is 35.5 Å². The Hall–Kier alpha value is -1.33. The van der Waals surface area contributed by atoms with E-state index in [2.05, 4.69) is 0 Å². The molecule has 0 aliphatic carbocycles. The minimum absolute atomic E-state index is 0.0179. The number of hydrogen-bond acceptors (Lipinski definition) is 3. The fourth-order valence-electron chi connectivity index (χ4n) is 2.06. The second-order valence-electron chi connectivity index (χ2n) is 4.35. The van der Waals surface area contributed by atoms with Gasteiger partial charge in [0, 0.05) is 13.1 Å². The first-order valence-electron chi connectivity index (χ1n) is 6.08. The van der Waals surface area contributed by atoms with Crippen LogP contribution in [0.4, 0.5) is 0 Å². The monoisotopic (exact) mass is 298 g/mol. The standard InChI is InChI=1S/C13H15ClN2O2S/c14-9-4-3-5-10(12(9)13(15)19)18-8-11(17)16-6-1-2-7-16/h3-5H,1-2,6-8H2,(H2,15,19). The SMILES string of the molecule is NC(=S)c1c(Cl)cccc1OCC(=O)N1CCCC1. The number of likely N-dealkylation sites (tertiary alicyclic amines) is 1. The zero-order chi connectivity index (χ0) is 13.8. The lowest BCUT2D eigenvalue weighted by atomic mass is 10.2. The Morgan fingerprint density at radius 2 is 2.11 bits per heavy atom. The van der Waals surface area contributed by atoms with E-state index in [-0.39, 0.29) is 17.5 Å². The molecule has 2 rings (SSSR count). The van der Waals surface area contributed by atoms with Crippen molar-refractivity contribution in [2.24, 2.45) is 5.73 Å². The van der Waals surface area contributed by atoms with Crippen molar-refractivity contribution in [2.45, 2.75) is 12.8 Å². The lowest BCUT2D eigenvalue weighted by Gasteiger charge is -2.17. The maximum absolute atomic E-state index is 11.9. The summed E-state index contributed by atoms with van der Waals surface area (Å²) >= 11 is 11.0. The summed E-state index contributed by atoms with van der Waals surface area (Å²) in [7, 11) is 0. The van der Waals surface area contributed by atoms with Crippen LogP contribution in [0.5, 0.6) is 5.75 Å². The van der Waals surface area contributed by atoms with Crippen LogP contribution in [-0.2, 0) is 4.79 Å². The highest BCUT2D eigenvalue weighted by Crippen LogP contribution is 2.26. The maximum atomic E-state index is 11.9. The molecule has 0 unspecified atom stereocenters. The zero-order valence-corrected chi connectivity index (χ0v) is 12.0. The van der Waals surface area contributed by atoms with Gasteiger partial charge in [0.15, 0.2) is 6.61 Å². The van der Waals surface area contributed by atoms with E-state index in [0.717, 1.165) is 25.9 Å². The molecule has 0 bridgehead atoms. The molecule has 1 heterocycles. The van der Waals surface area contributed by atoms with E-state index in [4.69, 9.17) is 34.3 Å². The van der Waals surface area contributed by atoms with Crippen LogP contribution in [0.15, 0.2) is 18.2 Å². The molecule has 1 saturated heterocycles. The van der Waals surface area contributed by atoms with Crippen LogP contribution in [0.25, 0.3) is 0 Å². The average Bonchev–Trinajstić information content (AvgIpc) is 2.89. The van der Waals surface area contributed by atoms with Gasteiger partial charge < -0.3 is 15.4 Å². The molecular weight excluding hydrogens is 284 g/mol.